The molecular formula is C22H29N5O3S. The number of hydrogen-bond acceptors (Lipinski definition) is 6. The number of hydrogen-bond donors (Lipinski definition) is 1. The van der Waals surface area contributed by atoms with Gasteiger partial charge in [0.15, 0.2) is 0 Å². The van der Waals surface area contributed by atoms with E-state index in [1.165, 1.54) is 4.31 Å². The van der Waals surface area contributed by atoms with E-state index < -0.39 is 10.0 Å². The van der Waals surface area contributed by atoms with Crippen LogP contribution < -0.4 is 5.32 Å². The number of fused-ring (bicyclic) bond motifs is 1. The smallest absolute Gasteiger partial charge is 0.219 e. The molecule has 0 bridgehead atoms. The minimum Gasteiger partial charge on any atom is -0.373 e. The fourth-order valence-corrected chi connectivity index (χ4v) is 5.78. The van der Waals surface area contributed by atoms with Crippen LogP contribution in [0.25, 0.3) is 0 Å². The zero-order valence-electron chi connectivity index (χ0n) is 18.3. The van der Waals surface area contributed by atoms with E-state index in [1.807, 2.05) is 43.1 Å². The van der Waals surface area contributed by atoms with E-state index in [-0.39, 0.29) is 24.1 Å². The van der Waals surface area contributed by atoms with E-state index in [0.29, 0.717) is 31.9 Å². The molecule has 3 heterocycles. The van der Waals surface area contributed by atoms with Crippen LogP contribution in [0.1, 0.15) is 47.5 Å². The maximum atomic E-state index is 13.1. The number of aryl methyl sites for hydroxylation is 1. The number of carbonyl (C=O) groups is 1. The van der Waals surface area contributed by atoms with Crippen molar-refractivity contribution in [2.24, 2.45) is 0 Å². The van der Waals surface area contributed by atoms with Gasteiger partial charge in [-0.2, -0.15) is 4.31 Å². The van der Waals surface area contributed by atoms with Crippen LogP contribution >= 0.6 is 0 Å². The van der Waals surface area contributed by atoms with Gasteiger partial charge in [-0.3, -0.25) is 4.79 Å². The molecule has 1 atom stereocenters. The molecule has 1 N–H and O–H groups in total. The summed E-state index contributed by atoms with van der Waals surface area (Å²) >= 11 is 0. The highest BCUT2D eigenvalue weighted by molar-refractivity contribution is 7.88. The summed E-state index contributed by atoms with van der Waals surface area (Å²) in [6.45, 7) is 5.53. The molecule has 2 aliphatic rings. The monoisotopic (exact) mass is 443 g/mol. The summed E-state index contributed by atoms with van der Waals surface area (Å²) < 4.78 is 27.7. The largest absolute Gasteiger partial charge is 0.373 e. The van der Waals surface area contributed by atoms with Crippen LogP contribution in [0.5, 0.6) is 0 Å². The molecule has 2 aromatic rings. The predicted molar refractivity (Wildman–Crippen MR) is 119 cm³/mol. The molecular weight excluding hydrogens is 414 g/mol. The number of carbonyl (C=O) groups excluding carboxylic acids is 1. The summed E-state index contributed by atoms with van der Waals surface area (Å²) in [5.41, 5.74) is 3.63. The molecule has 0 radical (unpaired) electrons. The number of amides is 1. The number of anilines is 1. The van der Waals surface area contributed by atoms with Crippen LogP contribution in [-0.2, 0) is 33.5 Å². The van der Waals surface area contributed by atoms with E-state index in [2.05, 4.69) is 5.32 Å². The Labute approximate surface area is 183 Å². The molecule has 4 rings (SSSR count). The van der Waals surface area contributed by atoms with E-state index in [0.717, 1.165) is 34.6 Å². The first-order chi connectivity index (χ1) is 14.8. The first-order valence-electron chi connectivity index (χ1n) is 10.6. The van der Waals surface area contributed by atoms with Crippen molar-refractivity contribution in [2.45, 2.75) is 44.9 Å². The highest BCUT2D eigenvalue weighted by Gasteiger charge is 2.32. The molecule has 0 unspecified atom stereocenters. The van der Waals surface area contributed by atoms with Crippen LogP contribution in [0.15, 0.2) is 24.3 Å². The number of rotatable bonds is 5. The Morgan fingerprint density at radius 1 is 1.19 bits per heavy atom. The van der Waals surface area contributed by atoms with Gasteiger partial charge in [-0.05, 0) is 25.3 Å². The van der Waals surface area contributed by atoms with Crippen molar-refractivity contribution >= 4 is 21.7 Å². The van der Waals surface area contributed by atoms with E-state index in [9.17, 15) is 13.2 Å². The first kappa shape index (κ1) is 21.7. The third-order valence-corrected chi connectivity index (χ3v) is 7.94. The van der Waals surface area contributed by atoms with Gasteiger partial charge in [0.25, 0.3) is 0 Å². The van der Waals surface area contributed by atoms with Gasteiger partial charge in [-0.15, -0.1) is 0 Å². The van der Waals surface area contributed by atoms with Crippen molar-refractivity contribution in [1.82, 2.24) is 19.2 Å². The highest BCUT2D eigenvalue weighted by atomic mass is 32.2. The second kappa shape index (κ2) is 8.55. The molecule has 1 amide bonds. The van der Waals surface area contributed by atoms with Crippen molar-refractivity contribution in [1.29, 1.82) is 0 Å². The summed E-state index contributed by atoms with van der Waals surface area (Å²) in [6.07, 6.45) is 1.39. The fraction of sp³-hybridized carbons (Fsp3) is 0.500. The first-order valence-corrected chi connectivity index (χ1v) is 12.2. The van der Waals surface area contributed by atoms with Crippen LogP contribution in [0.2, 0.25) is 0 Å². The number of likely N-dealkylation sites (tertiary alicyclic amines) is 1. The van der Waals surface area contributed by atoms with Crippen LogP contribution in [-0.4, -0.2) is 60.2 Å². The maximum absolute atomic E-state index is 13.1. The lowest BCUT2D eigenvalue weighted by atomic mass is 10.0. The summed E-state index contributed by atoms with van der Waals surface area (Å²) in [6, 6.07) is 7.60. The molecule has 31 heavy (non-hydrogen) atoms. The quantitative estimate of drug-likeness (QED) is 0.760. The summed E-state index contributed by atoms with van der Waals surface area (Å²) in [4.78, 5) is 23.0. The maximum Gasteiger partial charge on any atom is 0.219 e. The normalized spacial score (nSPS) is 19.3. The second-order valence-corrected chi connectivity index (χ2v) is 10.4. The number of sulfonamides is 1. The van der Waals surface area contributed by atoms with Gasteiger partial charge in [-0.25, -0.2) is 18.4 Å². The predicted octanol–water partition coefficient (Wildman–Crippen LogP) is 2.05. The molecule has 1 saturated heterocycles. The van der Waals surface area contributed by atoms with Gasteiger partial charge in [0.2, 0.25) is 15.9 Å². The lowest BCUT2D eigenvalue weighted by Gasteiger charge is -2.29. The second-order valence-electron chi connectivity index (χ2n) is 8.38. The average Bonchev–Trinajstić information content (AvgIpc) is 3.25. The van der Waals surface area contributed by atoms with Crippen LogP contribution in [0.3, 0.4) is 0 Å². The summed E-state index contributed by atoms with van der Waals surface area (Å²) in [7, 11) is -1.64. The Morgan fingerprint density at radius 3 is 2.58 bits per heavy atom. The third kappa shape index (κ3) is 4.57. The Kier molecular flexibility index (Phi) is 5.98. The average molecular weight is 444 g/mol. The van der Waals surface area contributed by atoms with Crippen molar-refractivity contribution in [2.75, 3.05) is 32.0 Å². The van der Waals surface area contributed by atoms with E-state index in [1.54, 1.807) is 6.92 Å². The zero-order chi connectivity index (χ0) is 22.2. The Morgan fingerprint density at radius 2 is 1.94 bits per heavy atom. The van der Waals surface area contributed by atoms with Gasteiger partial charge in [0, 0.05) is 45.1 Å². The highest BCUT2D eigenvalue weighted by Crippen LogP contribution is 2.31. The molecule has 0 spiro atoms. The molecule has 8 nitrogen and oxygen atoms in total. The lowest BCUT2D eigenvalue weighted by molar-refractivity contribution is -0.127. The molecule has 1 aromatic heterocycles. The molecule has 166 valence electrons. The number of aromatic nitrogens is 2. The van der Waals surface area contributed by atoms with Crippen LogP contribution in [0.4, 0.5) is 5.82 Å². The van der Waals surface area contributed by atoms with Crippen molar-refractivity contribution in [3.8, 4) is 0 Å². The Hall–Kier alpha value is -2.52. The molecule has 9 heteroatoms. The zero-order valence-corrected chi connectivity index (χ0v) is 19.1. The van der Waals surface area contributed by atoms with Crippen molar-refractivity contribution in [3.05, 3.63) is 52.5 Å². The minimum absolute atomic E-state index is 0.0182. The van der Waals surface area contributed by atoms with Gasteiger partial charge in [-0.1, -0.05) is 29.8 Å². The van der Waals surface area contributed by atoms with Gasteiger partial charge < -0.3 is 10.2 Å². The molecule has 0 saturated carbocycles. The lowest BCUT2D eigenvalue weighted by Crippen LogP contribution is -2.38. The molecule has 1 aromatic carbocycles. The van der Waals surface area contributed by atoms with Gasteiger partial charge in [0.05, 0.1) is 18.0 Å². The number of benzene rings is 1. The Balaban J connectivity index is 1.57. The van der Waals surface area contributed by atoms with Gasteiger partial charge >= 0.3 is 0 Å². The topological polar surface area (TPSA) is 95.5 Å². The van der Waals surface area contributed by atoms with E-state index in [4.69, 9.17) is 9.97 Å². The van der Waals surface area contributed by atoms with Crippen LogP contribution in [0, 0.1) is 6.92 Å². The molecule has 1 fully saturated rings. The van der Waals surface area contributed by atoms with Gasteiger partial charge in [0.1, 0.15) is 11.6 Å². The number of nitrogens with zero attached hydrogens (tertiary/aromatic N) is 4. The standard InChI is InChI=1S/C22H29N5O3S/c1-15-4-6-17(7-5-15)14-31(29,30)27-11-9-19-20(13-27)24-21(25-22(19)23-3)18-8-10-26(12-18)16(2)28/h4-7,18H,8-14H2,1-3H3,(H,23,24,25)/t18-/m1/s1. The number of nitrogens with one attached hydrogen (secondary N) is 1. The Bertz CT molecular complexity index is 1090. The summed E-state index contributed by atoms with van der Waals surface area (Å²) in [5, 5.41) is 3.15. The molecule has 0 aliphatic carbocycles. The fourth-order valence-electron chi connectivity index (χ4n) is 4.30. The SMILES string of the molecule is CNc1nc([C@@H]2CCN(C(C)=O)C2)nc2c1CCN(S(=O)(=O)Cc1ccc(C)cc1)C2. The minimum atomic E-state index is -3.46. The summed E-state index contributed by atoms with van der Waals surface area (Å²) in [5.74, 6) is 1.56. The van der Waals surface area contributed by atoms with E-state index >= 15 is 0 Å². The molecule has 2 aliphatic heterocycles. The van der Waals surface area contributed by atoms with Crippen molar-refractivity contribution < 1.29 is 13.2 Å². The third-order valence-electron chi connectivity index (χ3n) is 6.15. The van der Waals surface area contributed by atoms with Crippen molar-refractivity contribution in [3.63, 3.8) is 0 Å².